The summed E-state index contributed by atoms with van der Waals surface area (Å²) >= 11 is 0. The van der Waals surface area contributed by atoms with Gasteiger partial charge in [-0.2, -0.15) is 5.26 Å². The van der Waals surface area contributed by atoms with Gasteiger partial charge in [-0.15, -0.1) is 0 Å². The van der Waals surface area contributed by atoms with Gasteiger partial charge in [-0.25, -0.2) is 13.1 Å². The molecule has 1 aromatic carbocycles. The van der Waals surface area contributed by atoms with E-state index < -0.39 is 10.0 Å². The van der Waals surface area contributed by atoms with Crippen LogP contribution in [0.5, 0.6) is 0 Å². The molecule has 0 unspecified atom stereocenters. The number of rotatable bonds is 5. The van der Waals surface area contributed by atoms with E-state index in [0.717, 1.165) is 0 Å². The molecule has 1 N–H and O–H groups in total. The van der Waals surface area contributed by atoms with Crippen molar-refractivity contribution in [3.8, 4) is 6.07 Å². The van der Waals surface area contributed by atoms with Crippen molar-refractivity contribution in [1.82, 2.24) is 9.62 Å². The summed E-state index contributed by atoms with van der Waals surface area (Å²) in [6, 6.07) is 6.18. The Kier molecular flexibility index (Phi) is 5.25. The van der Waals surface area contributed by atoms with E-state index in [1.807, 2.05) is 6.07 Å². The number of hydrogen-bond donors (Lipinski definition) is 1. The quantitative estimate of drug-likeness (QED) is 0.862. The minimum absolute atomic E-state index is 0.0425. The fourth-order valence-electron chi connectivity index (χ4n) is 1.48. The zero-order chi connectivity index (χ0) is 15.3. The zero-order valence-corrected chi connectivity index (χ0v) is 12.5. The molecular formula is C13H17N3O3S. The van der Waals surface area contributed by atoms with E-state index in [9.17, 15) is 13.2 Å². The van der Waals surface area contributed by atoms with Gasteiger partial charge in [0, 0.05) is 13.6 Å². The molecule has 0 atom stereocenters. The summed E-state index contributed by atoms with van der Waals surface area (Å²) in [5, 5.41) is 8.81. The third-order valence-corrected chi connectivity index (χ3v) is 4.34. The highest BCUT2D eigenvalue weighted by molar-refractivity contribution is 7.89. The average molecular weight is 295 g/mol. The van der Waals surface area contributed by atoms with Crippen LogP contribution in [0.1, 0.15) is 18.1 Å². The molecule has 0 saturated carbocycles. The molecule has 1 aromatic rings. The van der Waals surface area contributed by atoms with E-state index in [2.05, 4.69) is 4.72 Å². The number of hydrogen-bond acceptors (Lipinski definition) is 4. The molecule has 0 aliphatic rings. The van der Waals surface area contributed by atoms with Crippen molar-refractivity contribution in [2.24, 2.45) is 0 Å². The van der Waals surface area contributed by atoms with Crippen LogP contribution in [-0.2, 0) is 14.8 Å². The molecule has 0 saturated heterocycles. The maximum Gasteiger partial charge on any atom is 0.241 e. The van der Waals surface area contributed by atoms with Gasteiger partial charge in [0.15, 0.2) is 0 Å². The number of likely N-dealkylation sites (N-methyl/N-ethyl adjacent to an activating group) is 1. The fraction of sp³-hybridized carbons (Fsp3) is 0.385. The first-order valence-electron chi connectivity index (χ1n) is 6.06. The molecule has 7 heteroatoms. The number of nitrogens with zero attached hydrogens (tertiary/aromatic N) is 2. The molecular weight excluding hydrogens is 278 g/mol. The topological polar surface area (TPSA) is 90.3 Å². The number of sulfonamides is 1. The highest BCUT2D eigenvalue weighted by atomic mass is 32.2. The molecule has 6 nitrogen and oxygen atoms in total. The van der Waals surface area contributed by atoms with Gasteiger partial charge in [0.2, 0.25) is 15.9 Å². The molecule has 108 valence electrons. The van der Waals surface area contributed by atoms with Crippen LogP contribution in [0.3, 0.4) is 0 Å². The normalized spacial score (nSPS) is 10.9. The summed E-state index contributed by atoms with van der Waals surface area (Å²) in [6.45, 7) is 3.69. The van der Waals surface area contributed by atoms with Gasteiger partial charge in [-0.05, 0) is 37.6 Å². The van der Waals surface area contributed by atoms with E-state index in [1.54, 1.807) is 20.9 Å². The van der Waals surface area contributed by atoms with Crippen molar-refractivity contribution in [1.29, 1.82) is 5.26 Å². The summed E-state index contributed by atoms with van der Waals surface area (Å²) in [5.74, 6) is -0.304. The van der Waals surface area contributed by atoms with Crippen LogP contribution in [0.4, 0.5) is 0 Å². The number of carbonyl (C=O) groups is 1. The number of amides is 1. The van der Waals surface area contributed by atoms with Crippen molar-refractivity contribution in [2.75, 3.05) is 20.1 Å². The van der Waals surface area contributed by atoms with Gasteiger partial charge in [-0.3, -0.25) is 4.79 Å². The first-order chi connectivity index (χ1) is 9.31. The average Bonchev–Trinajstić information content (AvgIpc) is 2.43. The monoisotopic (exact) mass is 295 g/mol. The Labute approximate surface area is 119 Å². The maximum absolute atomic E-state index is 12.0. The summed E-state index contributed by atoms with van der Waals surface area (Å²) in [5.41, 5.74) is 0.998. The van der Waals surface area contributed by atoms with E-state index >= 15 is 0 Å². The number of aryl methyl sites for hydroxylation is 1. The summed E-state index contributed by atoms with van der Waals surface area (Å²) < 4.78 is 26.3. The van der Waals surface area contributed by atoms with Gasteiger partial charge in [0.05, 0.1) is 23.1 Å². The Hall–Kier alpha value is -1.91. The van der Waals surface area contributed by atoms with Crippen molar-refractivity contribution >= 4 is 15.9 Å². The first kappa shape index (κ1) is 16.1. The second-order valence-electron chi connectivity index (χ2n) is 4.32. The molecule has 0 spiro atoms. The summed E-state index contributed by atoms with van der Waals surface area (Å²) in [7, 11) is -2.15. The second kappa shape index (κ2) is 6.50. The predicted octanol–water partition coefficient (Wildman–Crippen LogP) is 0.623. The van der Waals surface area contributed by atoms with Crippen LogP contribution < -0.4 is 4.72 Å². The minimum atomic E-state index is -3.75. The van der Waals surface area contributed by atoms with Crippen LogP contribution in [0.25, 0.3) is 0 Å². The lowest BCUT2D eigenvalue weighted by molar-refractivity contribution is -0.128. The fourth-order valence-corrected chi connectivity index (χ4v) is 2.54. The highest BCUT2D eigenvalue weighted by Crippen LogP contribution is 2.14. The second-order valence-corrected chi connectivity index (χ2v) is 6.09. The van der Waals surface area contributed by atoms with E-state index in [0.29, 0.717) is 17.7 Å². The van der Waals surface area contributed by atoms with Gasteiger partial charge >= 0.3 is 0 Å². The Morgan fingerprint density at radius 1 is 1.45 bits per heavy atom. The number of benzene rings is 1. The smallest absolute Gasteiger partial charge is 0.241 e. The number of nitriles is 1. The molecule has 1 rings (SSSR count). The third-order valence-electron chi connectivity index (χ3n) is 2.94. The molecule has 0 aliphatic heterocycles. The standard InChI is InChI=1S/C13H17N3O3S/c1-4-16(3)13(17)9-15-20(18,19)12-6-5-11(8-14)10(2)7-12/h5-7,15H,4,9H2,1-3H3. The van der Waals surface area contributed by atoms with Gasteiger partial charge in [0.25, 0.3) is 0 Å². The van der Waals surface area contributed by atoms with Crippen LogP contribution in [0.2, 0.25) is 0 Å². The van der Waals surface area contributed by atoms with Crippen molar-refractivity contribution in [2.45, 2.75) is 18.7 Å². The van der Waals surface area contributed by atoms with Gasteiger partial charge in [-0.1, -0.05) is 0 Å². The molecule has 20 heavy (non-hydrogen) atoms. The van der Waals surface area contributed by atoms with Gasteiger partial charge < -0.3 is 4.90 Å². The first-order valence-corrected chi connectivity index (χ1v) is 7.54. The predicted molar refractivity (Wildman–Crippen MR) is 74.4 cm³/mol. The SMILES string of the molecule is CCN(C)C(=O)CNS(=O)(=O)c1ccc(C#N)c(C)c1. The molecule has 0 aromatic heterocycles. The Bertz CT molecular complexity index is 647. The lowest BCUT2D eigenvalue weighted by Gasteiger charge is -2.15. The van der Waals surface area contributed by atoms with Crippen molar-refractivity contribution in [3.63, 3.8) is 0 Å². The van der Waals surface area contributed by atoms with Crippen LogP contribution in [0, 0.1) is 18.3 Å². The van der Waals surface area contributed by atoms with Crippen LogP contribution in [-0.4, -0.2) is 39.4 Å². The summed E-state index contributed by atoms with van der Waals surface area (Å²) in [6.07, 6.45) is 0. The molecule has 1 amide bonds. The third kappa shape index (κ3) is 3.79. The Morgan fingerprint density at radius 2 is 2.10 bits per heavy atom. The lowest BCUT2D eigenvalue weighted by Crippen LogP contribution is -2.37. The van der Waals surface area contributed by atoms with E-state index in [4.69, 9.17) is 5.26 Å². The molecule has 0 heterocycles. The molecule has 0 aliphatic carbocycles. The van der Waals surface area contributed by atoms with E-state index in [1.165, 1.54) is 23.1 Å². The minimum Gasteiger partial charge on any atom is -0.345 e. The van der Waals surface area contributed by atoms with Crippen molar-refractivity contribution in [3.05, 3.63) is 29.3 Å². The Morgan fingerprint density at radius 3 is 2.60 bits per heavy atom. The summed E-state index contributed by atoms with van der Waals surface area (Å²) in [4.78, 5) is 13.0. The molecule has 0 fully saturated rings. The molecule has 0 radical (unpaired) electrons. The highest BCUT2D eigenvalue weighted by Gasteiger charge is 2.17. The molecule has 0 bridgehead atoms. The van der Waals surface area contributed by atoms with Crippen molar-refractivity contribution < 1.29 is 13.2 Å². The van der Waals surface area contributed by atoms with Crippen LogP contribution in [0.15, 0.2) is 23.1 Å². The van der Waals surface area contributed by atoms with E-state index in [-0.39, 0.29) is 17.3 Å². The zero-order valence-electron chi connectivity index (χ0n) is 11.7. The largest absolute Gasteiger partial charge is 0.345 e. The number of nitrogens with one attached hydrogen (secondary N) is 1. The maximum atomic E-state index is 12.0. The van der Waals surface area contributed by atoms with Gasteiger partial charge in [0.1, 0.15) is 0 Å². The Balaban J connectivity index is 2.88. The van der Waals surface area contributed by atoms with Crippen LogP contribution >= 0.6 is 0 Å². The lowest BCUT2D eigenvalue weighted by atomic mass is 10.1. The number of carbonyl (C=O) groups excluding carboxylic acids is 1.